The maximum absolute atomic E-state index is 11.1. The standard InChI is InChI=1S/C22H24N2O6/c1-5-29-21(14-25)20(23-28-4)15-30-24-22(16-6-10-18(26-2)11-7-16)17-8-12-19(27-3)13-9-17/h6-13H,5,15H2,1-4H3. The highest BCUT2D eigenvalue weighted by Gasteiger charge is 2.14. The average molecular weight is 412 g/mol. The Morgan fingerprint density at radius 1 is 0.867 bits per heavy atom. The van der Waals surface area contributed by atoms with Crippen molar-refractivity contribution < 1.29 is 28.7 Å². The van der Waals surface area contributed by atoms with Gasteiger partial charge in [-0.2, -0.15) is 0 Å². The van der Waals surface area contributed by atoms with E-state index in [9.17, 15) is 4.79 Å². The topological polar surface area (TPSA) is 87.9 Å². The molecule has 0 fully saturated rings. The van der Waals surface area contributed by atoms with Crippen LogP contribution in [0.3, 0.4) is 0 Å². The number of benzene rings is 2. The molecule has 0 aliphatic rings. The Balaban J connectivity index is 2.33. The maximum Gasteiger partial charge on any atom is 0.232 e. The van der Waals surface area contributed by atoms with Gasteiger partial charge in [-0.3, -0.25) is 0 Å². The van der Waals surface area contributed by atoms with E-state index in [0.717, 1.165) is 22.6 Å². The van der Waals surface area contributed by atoms with Crippen molar-refractivity contribution in [3.8, 4) is 11.5 Å². The van der Waals surface area contributed by atoms with Crippen molar-refractivity contribution in [2.24, 2.45) is 10.3 Å². The molecule has 0 bridgehead atoms. The number of hydrogen-bond donors (Lipinski definition) is 0. The molecule has 0 N–H and O–H groups in total. The van der Waals surface area contributed by atoms with Crippen molar-refractivity contribution in [3.05, 3.63) is 65.4 Å². The van der Waals surface area contributed by atoms with Crippen LogP contribution in [0.1, 0.15) is 18.1 Å². The third-order valence-corrected chi connectivity index (χ3v) is 3.93. The van der Waals surface area contributed by atoms with Crippen molar-refractivity contribution >= 4 is 17.4 Å². The predicted molar refractivity (Wildman–Crippen MR) is 113 cm³/mol. The summed E-state index contributed by atoms with van der Waals surface area (Å²) >= 11 is 0. The van der Waals surface area contributed by atoms with Crippen molar-refractivity contribution in [2.75, 3.05) is 34.5 Å². The second kappa shape index (κ2) is 11.9. The Bertz CT molecular complexity index is 864. The predicted octanol–water partition coefficient (Wildman–Crippen LogP) is 3.23. The van der Waals surface area contributed by atoms with Crippen LogP contribution < -0.4 is 9.47 Å². The van der Waals surface area contributed by atoms with Crippen LogP contribution in [-0.4, -0.2) is 51.9 Å². The van der Waals surface area contributed by atoms with Crippen LogP contribution >= 0.6 is 0 Å². The Kier molecular flexibility index (Phi) is 8.96. The lowest BCUT2D eigenvalue weighted by molar-refractivity contribution is 0.165. The van der Waals surface area contributed by atoms with E-state index in [-0.39, 0.29) is 24.7 Å². The van der Waals surface area contributed by atoms with Gasteiger partial charge in [0.15, 0.2) is 18.3 Å². The van der Waals surface area contributed by atoms with Crippen molar-refractivity contribution in [1.82, 2.24) is 0 Å². The summed E-state index contributed by atoms with van der Waals surface area (Å²) in [6.45, 7) is 1.87. The molecule has 0 saturated heterocycles. The third-order valence-electron chi connectivity index (χ3n) is 3.93. The van der Waals surface area contributed by atoms with Crippen LogP contribution in [0.4, 0.5) is 0 Å². The number of rotatable bonds is 11. The van der Waals surface area contributed by atoms with Gasteiger partial charge in [-0.05, 0) is 55.5 Å². The third kappa shape index (κ3) is 6.12. The zero-order valence-electron chi connectivity index (χ0n) is 17.4. The molecule has 2 aromatic carbocycles. The second-order valence-corrected chi connectivity index (χ2v) is 5.76. The van der Waals surface area contributed by atoms with Crippen LogP contribution in [0.5, 0.6) is 11.5 Å². The number of ether oxygens (including phenoxy) is 3. The highest BCUT2D eigenvalue weighted by molar-refractivity contribution is 6.12. The fourth-order valence-electron chi connectivity index (χ4n) is 2.49. The van der Waals surface area contributed by atoms with Crippen LogP contribution in [-0.2, 0) is 19.2 Å². The van der Waals surface area contributed by atoms with Gasteiger partial charge >= 0.3 is 0 Å². The second-order valence-electron chi connectivity index (χ2n) is 5.76. The molecule has 2 aromatic rings. The van der Waals surface area contributed by atoms with E-state index in [2.05, 4.69) is 10.3 Å². The molecule has 2 rings (SSSR count). The summed E-state index contributed by atoms with van der Waals surface area (Å²) in [5.41, 5.74) is 2.33. The van der Waals surface area contributed by atoms with E-state index in [0.29, 0.717) is 5.71 Å². The van der Waals surface area contributed by atoms with Gasteiger partial charge in [-0.15, -0.1) is 0 Å². The van der Waals surface area contributed by atoms with E-state index in [4.69, 9.17) is 23.9 Å². The average Bonchev–Trinajstić information content (AvgIpc) is 2.80. The minimum Gasteiger partial charge on any atom is -0.497 e. The number of nitrogens with zero attached hydrogens (tertiary/aromatic N) is 2. The molecule has 0 saturated carbocycles. The molecular formula is C22H24N2O6. The minimum atomic E-state index is -0.145. The van der Waals surface area contributed by atoms with Gasteiger partial charge in [0, 0.05) is 11.1 Å². The number of hydrogen-bond acceptors (Lipinski definition) is 8. The Morgan fingerprint density at radius 2 is 1.40 bits per heavy atom. The number of carbonyl (C=O) groups excluding carboxylic acids is 1. The Hall–Kier alpha value is -3.77. The van der Waals surface area contributed by atoms with E-state index in [1.54, 1.807) is 27.1 Å². The van der Waals surface area contributed by atoms with Crippen LogP contribution in [0.2, 0.25) is 0 Å². The molecule has 8 heteroatoms. The van der Waals surface area contributed by atoms with Gasteiger partial charge in [-0.1, -0.05) is 10.3 Å². The highest BCUT2D eigenvalue weighted by atomic mass is 16.6. The summed E-state index contributed by atoms with van der Waals surface area (Å²) in [4.78, 5) is 21.4. The first-order valence-electron chi connectivity index (χ1n) is 9.13. The molecule has 0 aliphatic heterocycles. The van der Waals surface area contributed by atoms with Crippen LogP contribution in [0, 0.1) is 0 Å². The maximum atomic E-state index is 11.1. The normalized spacial score (nSPS) is 10.5. The van der Waals surface area contributed by atoms with Gasteiger partial charge in [0.2, 0.25) is 5.76 Å². The van der Waals surface area contributed by atoms with E-state index in [1.807, 2.05) is 48.5 Å². The minimum absolute atomic E-state index is 0.0926. The smallest absolute Gasteiger partial charge is 0.232 e. The zero-order chi connectivity index (χ0) is 21.8. The fraction of sp³-hybridized carbons (Fsp3) is 0.273. The quantitative estimate of drug-likeness (QED) is 0.244. The molecule has 0 atom stereocenters. The van der Waals surface area contributed by atoms with Gasteiger partial charge in [-0.25, -0.2) is 4.79 Å². The SMILES string of the molecule is CCOC(=C=O)C(CON=C(c1ccc(OC)cc1)c1ccc(OC)cc1)=NOC. The highest BCUT2D eigenvalue weighted by Crippen LogP contribution is 2.19. The van der Waals surface area contributed by atoms with Crippen molar-refractivity contribution in [1.29, 1.82) is 0 Å². The van der Waals surface area contributed by atoms with E-state index >= 15 is 0 Å². The molecule has 0 aliphatic carbocycles. The van der Waals surface area contributed by atoms with Gasteiger partial charge < -0.3 is 23.9 Å². The van der Waals surface area contributed by atoms with Crippen LogP contribution in [0.15, 0.2) is 64.6 Å². The molecule has 0 aromatic heterocycles. The fourth-order valence-corrected chi connectivity index (χ4v) is 2.49. The first kappa shape index (κ1) is 22.5. The van der Waals surface area contributed by atoms with Gasteiger partial charge in [0.05, 0.1) is 20.8 Å². The summed E-state index contributed by atoms with van der Waals surface area (Å²) in [6.07, 6.45) is 0. The Morgan fingerprint density at radius 3 is 1.80 bits per heavy atom. The van der Waals surface area contributed by atoms with Gasteiger partial charge in [0.1, 0.15) is 24.3 Å². The molecule has 0 heterocycles. The van der Waals surface area contributed by atoms with Crippen LogP contribution in [0.25, 0.3) is 0 Å². The molecule has 0 amide bonds. The van der Waals surface area contributed by atoms with E-state index < -0.39 is 0 Å². The summed E-state index contributed by atoms with van der Waals surface area (Å²) < 4.78 is 15.6. The number of methoxy groups -OCH3 is 2. The molecule has 0 radical (unpaired) electrons. The molecule has 0 unspecified atom stereocenters. The molecule has 8 nitrogen and oxygen atoms in total. The monoisotopic (exact) mass is 412 g/mol. The lowest BCUT2D eigenvalue weighted by Gasteiger charge is -2.10. The molecule has 30 heavy (non-hydrogen) atoms. The van der Waals surface area contributed by atoms with Crippen molar-refractivity contribution in [2.45, 2.75) is 6.92 Å². The zero-order valence-corrected chi connectivity index (χ0v) is 17.4. The molecule has 158 valence electrons. The van der Waals surface area contributed by atoms with Gasteiger partial charge in [0.25, 0.3) is 0 Å². The summed E-state index contributed by atoms with van der Waals surface area (Å²) in [5.74, 6) is 3.05. The lowest BCUT2D eigenvalue weighted by atomic mass is 10.0. The molecular weight excluding hydrogens is 388 g/mol. The summed E-state index contributed by atoms with van der Waals surface area (Å²) in [5, 5.41) is 8.04. The Labute approximate surface area is 175 Å². The number of oxime groups is 2. The van der Waals surface area contributed by atoms with Crippen molar-refractivity contribution in [3.63, 3.8) is 0 Å². The molecule has 0 spiro atoms. The van der Waals surface area contributed by atoms with E-state index in [1.165, 1.54) is 7.11 Å². The summed E-state index contributed by atoms with van der Waals surface area (Å²) in [6, 6.07) is 14.8. The first-order chi connectivity index (χ1) is 14.7. The first-order valence-corrected chi connectivity index (χ1v) is 9.13. The largest absolute Gasteiger partial charge is 0.497 e. The lowest BCUT2D eigenvalue weighted by Crippen LogP contribution is -2.15. The summed E-state index contributed by atoms with van der Waals surface area (Å²) in [7, 11) is 4.56.